The van der Waals surface area contributed by atoms with E-state index in [2.05, 4.69) is 31.8 Å². The molecular formula is C18H20BrN3O2S. The van der Waals surface area contributed by atoms with Crippen LogP contribution in [-0.4, -0.2) is 31.1 Å². The first-order chi connectivity index (χ1) is 12.2. The van der Waals surface area contributed by atoms with Gasteiger partial charge in [0, 0.05) is 11.0 Å². The third kappa shape index (κ3) is 7.53. The Kier molecular flexibility index (Phi) is 8.21. The second kappa shape index (κ2) is 10.7. The lowest BCUT2D eigenvalue weighted by Crippen LogP contribution is -2.31. The van der Waals surface area contributed by atoms with Crippen molar-refractivity contribution in [2.45, 2.75) is 6.92 Å². The smallest absolute Gasteiger partial charge is 0.186 e. The Morgan fingerprint density at radius 1 is 1.12 bits per heavy atom. The van der Waals surface area contributed by atoms with E-state index in [1.165, 1.54) is 0 Å². The zero-order valence-corrected chi connectivity index (χ0v) is 16.3. The number of halogens is 1. The predicted octanol–water partition coefficient (Wildman–Crippen LogP) is 3.72. The fraction of sp³-hybridized carbons (Fsp3) is 0.222. The highest BCUT2D eigenvalue weighted by atomic mass is 79.9. The van der Waals surface area contributed by atoms with Gasteiger partial charge in [-0.05, 0) is 61.1 Å². The molecule has 0 bridgehead atoms. The standard InChI is InChI=1S/C18H20BrN3O2S/c1-2-20-18(25)22-21-13-14-4-3-5-17(12-14)24-11-10-23-16-8-6-15(19)7-9-16/h3-9,12-13H,2,10-11H2,1H3,(H2,20,22,25)/b21-13+. The fourth-order valence-corrected chi connectivity index (χ4v) is 2.36. The normalized spacial score (nSPS) is 10.5. The van der Waals surface area contributed by atoms with E-state index in [1.54, 1.807) is 6.21 Å². The van der Waals surface area contributed by atoms with Crippen LogP contribution in [0, 0.1) is 0 Å². The molecule has 0 radical (unpaired) electrons. The van der Waals surface area contributed by atoms with Crippen LogP contribution in [-0.2, 0) is 0 Å². The van der Waals surface area contributed by atoms with Gasteiger partial charge in [0.2, 0.25) is 0 Å². The Labute approximate surface area is 161 Å². The van der Waals surface area contributed by atoms with Crippen LogP contribution in [0.25, 0.3) is 0 Å². The van der Waals surface area contributed by atoms with Crippen molar-refractivity contribution >= 4 is 39.5 Å². The molecule has 0 spiro atoms. The molecule has 25 heavy (non-hydrogen) atoms. The van der Waals surface area contributed by atoms with E-state index in [9.17, 15) is 0 Å². The van der Waals surface area contributed by atoms with Gasteiger partial charge in [0.1, 0.15) is 24.7 Å². The summed E-state index contributed by atoms with van der Waals surface area (Å²) in [5.74, 6) is 1.58. The van der Waals surface area contributed by atoms with Crippen LogP contribution in [0.1, 0.15) is 12.5 Å². The van der Waals surface area contributed by atoms with Gasteiger partial charge < -0.3 is 14.8 Å². The second-order valence-electron chi connectivity index (χ2n) is 4.95. The summed E-state index contributed by atoms with van der Waals surface area (Å²) in [5.41, 5.74) is 3.67. The van der Waals surface area contributed by atoms with Crippen molar-refractivity contribution in [1.29, 1.82) is 0 Å². The Balaban J connectivity index is 1.76. The lowest BCUT2D eigenvalue weighted by molar-refractivity contribution is 0.217. The number of hydrogen-bond acceptors (Lipinski definition) is 4. The molecule has 5 nitrogen and oxygen atoms in total. The van der Waals surface area contributed by atoms with Crippen molar-refractivity contribution in [1.82, 2.24) is 10.7 Å². The molecule has 0 saturated heterocycles. The van der Waals surface area contributed by atoms with Crippen molar-refractivity contribution in [2.75, 3.05) is 19.8 Å². The zero-order chi connectivity index (χ0) is 17.9. The summed E-state index contributed by atoms with van der Waals surface area (Å²) in [7, 11) is 0. The van der Waals surface area contributed by atoms with Gasteiger partial charge in [-0.3, -0.25) is 5.43 Å². The molecule has 0 atom stereocenters. The third-order valence-electron chi connectivity index (χ3n) is 3.01. The lowest BCUT2D eigenvalue weighted by Gasteiger charge is -2.09. The number of ether oxygens (including phenoxy) is 2. The van der Waals surface area contributed by atoms with Crippen molar-refractivity contribution in [3.63, 3.8) is 0 Å². The van der Waals surface area contributed by atoms with Crippen LogP contribution < -0.4 is 20.2 Å². The SMILES string of the molecule is CCNC(=S)N/N=C/c1cccc(OCCOc2ccc(Br)cc2)c1. The number of hydrogen-bond donors (Lipinski definition) is 2. The maximum absolute atomic E-state index is 5.70. The van der Waals surface area contributed by atoms with Gasteiger partial charge in [-0.2, -0.15) is 5.10 Å². The molecule has 0 amide bonds. The van der Waals surface area contributed by atoms with Gasteiger partial charge in [0.15, 0.2) is 5.11 Å². The van der Waals surface area contributed by atoms with E-state index in [1.807, 2.05) is 55.5 Å². The molecule has 132 valence electrons. The van der Waals surface area contributed by atoms with Gasteiger partial charge in [-0.25, -0.2) is 0 Å². The van der Waals surface area contributed by atoms with Gasteiger partial charge in [0.25, 0.3) is 0 Å². The molecule has 0 unspecified atom stereocenters. The maximum atomic E-state index is 5.70. The van der Waals surface area contributed by atoms with E-state index in [-0.39, 0.29) is 0 Å². The molecule has 0 heterocycles. The molecule has 2 rings (SSSR count). The quantitative estimate of drug-likeness (QED) is 0.294. The Morgan fingerprint density at radius 3 is 2.56 bits per heavy atom. The van der Waals surface area contributed by atoms with Crippen LogP contribution in [0.15, 0.2) is 58.1 Å². The minimum absolute atomic E-state index is 0.458. The fourth-order valence-electron chi connectivity index (χ4n) is 1.90. The summed E-state index contributed by atoms with van der Waals surface area (Å²) in [4.78, 5) is 0. The molecule has 0 aliphatic rings. The average molecular weight is 422 g/mol. The van der Waals surface area contributed by atoms with Gasteiger partial charge in [-0.15, -0.1) is 0 Å². The summed E-state index contributed by atoms with van der Waals surface area (Å²) in [6, 6.07) is 15.3. The van der Waals surface area contributed by atoms with E-state index in [0.717, 1.165) is 28.1 Å². The number of rotatable bonds is 8. The number of nitrogens with one attached hydrogen (secondary N) is 2. The molecule has 0 aliphatic heterocycles. The van der Waals surface area contributed by atoms with Gasteiger partial charge in [-0.1, -0.05) is 28.1 Å². The Hall–Kier alpha value is -2.12. The highest BCUT2D eigenvalue weighted by Crippen LogP contribution is 2.16. The largest absolute Gasteiger partial charge is 0.490 e. The molecule has 0 aromatic heterocycles. The van der Waals surface area contributed by atoms with Crippen molar-refractivity contribution < 1.29 is 9.47 Å². The first-order valence-corrected chi connectivity index (χ1v) is 9.05. The van der Waals surface area contributed by atoms with Crippen LogP contribution in [0.2, 0.25) is 0 Å². The van der Waals surface area contributed by atoms with Crippen LogP contribution in [0.3, 0.4) is 0 Å². The van der Waals surface area contributed by atoms with Crippen molar-refractivity contribution in [3.05, 3.63) is 58.6 Å². The first-order valence-electron chi connectivity index (χ1n) is 7.85. The van der Waals surface area contributed by atoms with Gasteiger partial charge in [0.05, 0.1) is 6.21 Å². The maximum Gasteiger partial charge on any atom is 0.186 e. The Morgan fingerprint density at radius 2 is 1.84 bits per heavy atom. The van der Waals surface area contributed by atoms with Crippen LogP contribution in [0.4, 0.5) is 0 Å². The predicted molar refractivity (Wildman–Crippen MR) is 109 cm³/mol. The number of nitrogens with zero attached hydrogens (tertiary/aromatic N) is 1. The molecule has 2 aromatic rings. The molecule has 7 heteroatoms. The summed E-state index contributed by atoms with van der Waals surface area (Å²) >= 11 is 8.43. The average Bonchev–Trinajstić information content (AvgIpc) is 2.61. The molecule has 2 N–H and O–H groups in total. The minimum atomic E-state index is 0.458. The highest BCUT2D eigenvalue weighted by molar-refractivity contribution is 9.10. The van der Waals surface area contributed by atoms with Gasteiger partial charge >= 0.3 is 0 Å². The molecule has 0 saturated carbocycles. The zero-order valence-electron chi connectivity index (χ0n) is 13.9. The summed E-state index contributed by atoms with van der Waals surface area (Å²) in [6.45, 7) is 3.66. The monoisotopic (exact) mass is 421 g/mol. The minimum Gasteiger partial charge on any atom is -0.490 e. The van der Waals surface area contributed by atoms with Crippen molar-refractivity contribution in [3.8, 4) is 11.5 Å². The van der Waals surface area contributed by atoms with E-state index in [4.69, 9.17) is 21.7 Å². The summed E-state index contributed by atoms with van der Waals surface area (Å²) < 4.78 is 12.4. The highest BCUT2D eigenvalue weighted by Gasteiger charge is 1.98. The molecule has 0 fully saturated rings. The number of thiocarbonyl (C=S) groups is 1. The molecule has 2 aromatic carbocycles. The van der Waals surface area contributed by atoms with Crippen LogP contribution >= 0.6 is 28.1 Å². The number of benzene rings is 2. The molecule has 0 aliphatic carbocycles. The first kappa shape index (κ1) is 19.2. The Bertz CT molecular complexity index is 708. The van der Waals surface area contributed by atoms with E-state index < -0.39 is 0 Å². The number of hydrazone groups is 1. The summed E-state index contributed by atoms with van der Waals surface area (Å²) in [6.07, 6.45) is 1.69. The second-order valence-corrected chi connectivity index (χ2v) is 6.28. The van der Waals surface area contributed by atoms with E-state index >= 15 is 0 Å². The van der Waals surface area contributed by atoms with E-state index in [0.29, 0.717) is 18.3 Å². The third-order valence-corrected chi connectivity index (χ3v) is 3.77. The lowest BCUT2D eigenvalue weighted by atomic mass is 10.2. The van der Waals surface area contributed by atoms with Crippen molar-refractivity contribution in [2.24, 2.45) is 5.10 Å². The topological polar surface area (TPSA) is 54.9 Å². The molecular weight excluding hydrogens is 402 g/mol. The van der Waals surface area contributed by atoms with Crippen LogP contribution in [0.5, 0.6) is 11.5 Å². The summed E-state index contributed by atoms with van der Waals surface area (Å²) in [5, 5.41) is 7.54.